The summed E-state index contributed by atoms with van der Waals surface area (Å²) in [7, 11) is 0. The van der Waals surface area contributed by atoms with Crippen molar-refractivity contribution < 1.29 is 9.18 Å². The van der Waals surface area contributed by atoms with Crippen molar-refractivity contribution in [3.63, 3.8) is 0 Å². The second kappa shape index (κ2) is 5.07. The Bertz CT molecular complexity index is 391. The van der Waals surface area contributed by atoms with Crippen LogP contribution in [0.3, 0.4) is 0 Å². The Morgan fingerprint density at radius 1 is 1.44 bits per heavy atom. The van der Waals surface area contributed by atoms with Gasteiger partial charge in [-0.25, -0.2) is 4.39 Å². The molecule has 3 N–H and O–H groups in total. The Kier molecular flexibility index (Phi) is 4.01. The molecule has 0 bridgehead atoms. The van der Waals surface area contributed by atoms with E-state index in [1.54, 1.807) is 6.92 Å². The summed E-state index contributed by atoms with van der Waals surface area (Å²) in [6, 6.07) is 3.67. The first-order valence-electron chi connectivity index (χ1n) is 5.24. The highest BCUT2D eigenvalue weighted by atomic mass is 19.1. The van der Waals surface area contributed by atoms with Gasteiger partial charge in [0.2, 0.25) is 5.91 Å². The van der Waals surface area contributed by atoms with Crippen LogP contribution in [0.2, 0.25) is 0 Å². The molecule has 0 aromatic heterocycles. The number of benzene rings is 1. The molecule has 0 fully saturated rings. The SMILES string of the molecule is Cc1cc(F)ccc1NC(=O)[C@H](N)C(C)C. The van der Waals surface area contributed by atoms with Crippen molar-refractivity contribution in [2.75, 3.05) is 5.32 Å². The van der Waals surface area contributed by atoms with Crippen LogP contribution in [-0.4, -0.2) is 11.9 Å². The molecule has 3 nitrogen and oxygen atoms in total. The van der Waals surface area contributed by atoms with Gasteiger partial charge in [0.25, 0.3) is 0 Å². The highest BCUT2D eigenvalue weighted by molar-refractivity contribution is 5.95. The van der Waals surface area contributed by atoms with Crippen LogP contribution >= 0.6 is 0 Å². The molecule has 0 saturated carbocycles. The van der Waals surface area contributed by atoms with E-state index in [0.717, 1.165) is 0 Å². The Morgan fingerprint density at radius 2 is 2.06 bits per heavy atom. The van der Waals surface area contributed by atoms with E-state index in [9.17, 15) is 9.18 Å². The topological polar surface area (TPSA) is 55.1 Å². The monoisotopic (exact) mass is 224 g/mol. The number of amides is 1. The molecule has 0 saturated heterocycles. The van der Waals surface area contributed by atoms with Crippen LogP contribution in [-0.2, 0) is 4.79 Å². The molecule has 0 unspecified atom stereocenters. The van der Waals surface area contributed by atoms with E-state index in [4.69, 9.17) is 5.73 Å². The van der Waals surface area contributed by atoms with E-state index >= 15 is 0 Å². The van der Waals surface area contributed by atoms with Crippen molar-refractivity contribution in [2.45, 2.75) is 26.8 Å². The Morgan fingerprint density at radius 3 is 2.56 bits per heavy atom. The number of hydrogen-bond donors (Lipinski definition) is 2. The molecule has 0 heterocycles. The number of nitrogens with one attached hydrogen (secondary N) is 1. The summed E-state index contributed by atoms with van der Waals surface area (Å²) in [6.45, 7) is 5.49. The largest absolute Gasteiger partial charge is 0.324 e. The number of nitrogens with two attached hydrogens (primary N) is 1. The van der Waals surface area contributed by atoms with E-state index in [-0.39, 0.29) is 17.6 Å². The zero-order chi connectivity index (χ0) is 12.3. The summed E-state index contributed by atoms with van der Waals surface area (Å²) >= 11 is 0. The van der Waals surface area contributed by atoms with Crippen LogP contribution < -0.4 is 11.1 Å². The van der Waals surface area contributed by atoms with Crippen LogP contribution in [0.4, 0.5) is 10.1 Å². The third kappa shape index (κ3) is 3.03. The van der Waals surface area contributed by atoms with Gasteiger partial charge in [-0.1, -0.05) is 13.8 Å². The maximum atomic E-state index is 12.8. The number of aryl methyl sites for hydroxylation is 1. The maximum absolute atomic E-state index is 12.8. The first-order chi connectivity index (χ1) is 7.41. The van der Waals surface area contributed by atoms with Gasteiger partial charge in [-0.15, -0.1) is 0 Å². The number of carbonyl (C=O) groups is 1. The molecular weight excluding hydrogens is 207 g/mol. The number of carbonyl (C=O) groups excluding carboxylic acids is 1. The van der Waals surface area contributed by atoms with Gasteiger partial charge in [-0.2, -0.15) is 0 Å². The van der Waals surface area contributed by atoms with Gasteiger partial charge in [0.1, 0.15) is 5.82 Å². The minimum Gasteiger partial charge on any atom is -0.324 e. The minimum atomic E-state index is -0.551. The average molecular weight is 224 g/mol. The fourth-order valence-corrected chi connectivity index (χ4v) is 1.29. The third-order valence-electron chi connectivity index (χ3n) is 2.47. The summed E-state index contributed by atoms with van der Waals surface area (Å²) in [6.07, 6.45) is 0. The number of rotatable bonds is 3. The van der Waals surface area contributed by atoms with E-state index in [1.165, 1.54) is 18.2 Å². The van der Waals surface area contributed by atoms with Gasteiger partial charge in [0, 0.05) is 5.69 Å². The van der Waals surface area contributed by atoms with Crippen LogP contribution in [0, 0.1) is 18.7 Å². The number of halogens is 1. The zero-order valence-electron chi connectivity index (χ0n) is 9.75. The van der Waals surface area contributed by atoms with Gasteiger partial charge >= 0.3 is 0 Å². The van der Waals surface area contributed by atoms with Crippen LogP contribution in [0.25, 0.3) is 0 Å². The molecule has 0 aliphatic rings. The van der Waals surface area contributed by atoms with Crippen LogP contribution in [0.15, 0.2) is 18.2 Å². The van der Waals surface area contributed by atoms with Gasteiger partial charge < -0.3 is 11.1 Å². The fourth-order valence-electron chi connectivity index (χ4n) is 1.29. The quantitative estimate of drug-likeness (QED) is 0.825. The molecule has 0 spiro atoms. The van der Waals surface area contributed by atoms with Crippen LogP contribution in [0.1, 0.15) is 19.4 Å². The fraction of sp³-hybridized carbons (Fsp3) is 0.417. The van der Waals surface area contributed by atoms with E-state index in [0.29, 0.717) is 11.3 Å². The van der Waals surface area contributed by atoms with Crippen molar-refractivity contribution in [1.82, 2.24) is 0 Å². The Labute approximate surface area is 94.8 Å². The molecule has 1 amide bonds. The van der Waals surface area contributed by atoms with Crippen molar-refractivity contribution in [3.05, 3.63) is 29.6 Å². The highest BCUT2D eigenvalue weighted by Crippen LogP contribution is 2.16. The van der Waals surface area contributed by atoms with E-state index in [1.807, 2.05) is 13.8 Å². The predicted octanol–water partition coefficient (Wildman–Crippen LogP) is 2.06. The lowest BCUT2D eigenvalue weighted by atomic mass is 10.0. The third-order valence-corrected chi connectivity index (χ3v) is 2.47. The average Bonchev–Trinajstić information content (AvgIpc) is 2.20. The van der Waals surface area contributed by atoms with Gasteiger partial charge in [-0.3, -0.25) is 4.79 Å². The van der Waals surface area contributed by atoms with Gasteiger partial charge in [0.15, 0.2) is 0 Å². The van der Waals surface area contributed by atoms with E-state index in [2.05, 4.69) is 5.32 Å². The molecule has 1 atom stereocenters. The summed E-state index contributed by atoms with van der Waals surface area (Å²) in [5.41, 5.74) is 6.99. The van der Waals surface area contributed by atoms with E-state index < -0.39 is 6.04 Å². The molecule has 88 valence electrons. The lowest BCUT2D eigenvalue weighted by Gasteiger charge is -2.16. The van der Waals surface area contributed by atoms with Crippen molar-refractivity contribution >= 4 is 11.6 Å². The summed E-state index contributed by atoms with van der Waals surface area (Å²) < 4.78 is 12.8. The van der Waals surface area contributed by atoms with Crippen molar-refractivity contribution in [2.24, 2.45) is 11.7 Å². The summed E-state index contributed by atoms with van der Waals surface area (Å²) in [5, 5.41) is 2.69. The number of hydrogen-bond acceptors (Lipinski definition) is 2. The normalized spacial score (nSPS) is 12.6. The molecular formula is C12H17FN2O. The zero-order valence-corrected chi connectivity index (χ0v) is 9.75. The standard InChI is InChI=1S/C12H17FN2O/c1-7(2)11(14)12(16)15-10-5-4-9(13)6-8(10)3/h4-7,11H,14H2,1-3H3,(H,15,16)/t11-/m1/s1. The maximum Gasteiger partial charge on any atom is 0.241 e. The molecule has 4 heteroatoms. The Hall–Kier alpha value is -1.42. The molecule has 1 aromatic rings. The molecule has 1 rings (SSSR count). The lowest BCUT2D eigenvalue weighted by molar-refractivity contribution is -0.118. The first-order valence-corrected chi connectivity index (χ1v) is 5.24. The minimum absolute atomic E-state index is 0.0701. The first kappa shape index (κ1) is 12.6. The van der Waals surface area contributed by atoms with Crippen LogP contribution in [0.5, 0.6) is 0 Å². The molecule has 0 radical (unpaired) electrons. The smallest absolute Gasteiger partial charge is 0.241 e. The van der Waals surface area contributed by atoms with Gasteiger partial charge in [-0.05, 0) is 36.6 Å². The Balaban J connectivity index is 2.77. The molecule has 16 heavy (non-hydrogen) atoms. The van der Waals surface area contributed by atoms with Gasteiger partial charge in [0.05, 0.1) is 6.04 Å². The molecule has 0 aliphatic heterocycles. The molecule has 0 aliphatic carbocycles. The highest BCUT2D eigenvalue weighted by Gasteiger charge is 2.17. The second-order valence-corrected chi connectivity index (χ2v) is 4.22. The van der Waals surface area contributed by atoms with Crippen molar-refractivity contribution in [3.8, 4) is 0 Å². The number of anilines is 1. The predicted molar refractivity (Wildman–Crippen MR) is 62.6 cm³/mol. The molecule has 1 aromatic carbocycles. The summed E-state index contributed by atoms with van der Waals surface area (Å²) in [4.78, 5) is 11.7. The lowest BCUT2D eigenvalue weighted by Crippen LogP contribution is -2.39. The van der Waals surface area contributed by atoms with Crippen molar-refractivity contribution in [1.29, 1.82) is 0 Å². The summed E-state index contributed by atoms with van der Waals surface area (Å²) in [5.74, 6) is -0.492. The second-order valence-electron chi connectivity index (χ2n) is 4.22.